The minimum atomic E-state index is -0.217. The molecule has 1 heterocycles. The molecule has 0 aliphatic carbocycles. The van der Waals surface area contributed by atoms with E-state index in [0.29, 0.717) is 0 Å². The van der Waals surface area contributed by atoms with Crippen molar-refractivity contribution < 1.29 is 9.53 Å². The van der Waals surface area contributed by atoms with E-state index in [4.69, 9.17) is 4.74 Å². The second kappa shape index (κ2) is 6.76. The van der Waals surface area contributed by atoms with Crippen LogP contribution in [0.1, 0.15) is 6.92 Å². The Labute approximate surface area is 126 Å². The first-order valence-corrected chi connectivity index (χ1v) is 7.85. The molecular weight excluding hydrogens is 292 g/mol. The van der Waals surface area contributed by atoms with Gasteiger partial charge in [0.15, 0.2) is 4.80 Å². The second-order valence-corrected chi connectivity index (χ2v) is 6.47. The van der Waals surface area contributed by atoms with E-state index in [-0.39, 0.29) is 11.2 Å². The molecule has 0 aliphatic heterocycles. The quantitative estimate of drug-likeness (QED) is 0.816. The summed E-state index contributed by atoms with van der Waals surface area (Å²) < 4.78 is 6.95. The van der Waals surface area contributed by atoms with Crippen molar-refractivity contribution in [3.63, 3.8) is 0 Å². The smallest absolute Gasteiger partial charge is 0.261 e. The van der Waals surface area contributed by atoms with E-state index >= 15 is 0 Å². The fourth-order valence-corrected chi connectivity index (χ4v) is 3.12. The highest BCUT2D eigenvalue weighted by Crippen LogP contribution is 2.25. The van der Waals surface area contributed by atoms with Crippen LogP contribution in [0.5, 0.6) is 5.75 Å². The first-order chi connectivity index (χ1) is 9.60. The van der Waals surface area contributed by atoms with Gasteiger partial charge in [-0.05, 0) is 31.2 Å². The first kappa shape index (κ1) is 14.9. The average molecular weight is 308 g/mol. The molecule has 4 nitrogen and oxygen atoms in total. The van der Waals surface area contributed by atoms with Gasteiger partial charge in [0.2, 0.25) is 0 Å². The monoisotopic (exact) mass is 308 g/mol. The van der Waals surface area contributed by atoms with E-state index < -0.39 is 0 Å². The lowest BCUT2D eigenvalue weighted by Gasteiger charge is -2.07. The first-order valence-electron chi connectivity index (χ1n) is 6.09. The maximum atomic E-state index is 12.1. The van der Waals surface area contributed by atoms with E-state index in [9.17, 15) is 4.79 Å². The lowest BCUT2D eigenvalue weighted by atomic mass is 10.3. The van der Waals surface area contributed by atoms with Crippen LogP contribution in [0.2, 0.25) is 0 Å². The van der Waals surface area contributed by atoms with Gasteiger partial charge in [-0.2, -0.15) is 4.99 Å². The van der Waals surface area contributed by atoms with Gasteiger partial charge < -0.3 is 9.30 Å². The van der Waals surface area contributed by atoms with E-state index in [1.807, 2.05) is 54.4 Å². The normalized spacial score (nSPS) is 13.2. The average Bonchev–Trinajstić information content (AvgIpc) is 2.85. The number of nitrogens with zero attached hydrogens (tertiary/aromatic N) is 2. The SMILES string of the molecule is COc1ccc(SC(C)C(=O)N=c2sccn2C)cc1. The van der Waals surface area contributed by atoms with E-state index in [1.54, 1.807) is 7.11 Å². The Balaban J connectivity index is 2.06. The second-order valence-electron chi connectivity index (χ2n) is 4.18. The Morgan fingerprint density at radius 3 is 2.65 bits per heavy atom. The van der Waals surface area contributed by atoms with E-state index in [2.05, 4.69) is 4.99 Å². The van der Waals surface area contributed by atoms with Crippen molar-refractivity contribution in [3.05, 3.63) is 40.6 Å². The van der Waals surface area contributed by atoms with Crippen molar-refractivity contribution >= 4 is 29.0 Å². The summed E-state index contributed by atoms with van der Waals surface area (Å²) >= 11 is 2.95. The molecule has 1 aromatic heterocycles. The predicted octanol–water partition coefficient (Wildman–Crippen LogP) is 2.70. The van der Waals surface area contributed by atoms with Crippen LogP contribution in [0.4, 0.5) is 0 Å². The Hall–Kier alpha value is -1.53. The lowest BCUT2D eigenvalue weighted by Crippen LogP contribution is -2.18. The Morgan fingerprint density at radius 2 is 2.10 bits per heavy atom. The van der Waals surface area contributed by atoms with E-state index in [1.165, 1.54) is 23.1 Å². The van der Waals surface area contributed by atoms with Crippen LogP contribution in [-0.2, 0) is 11.8 Å². The number of ether oxygens (including phenoxy) is 1. The molecule has 0 bridgehead atoms. The largest absolute Gasteiger partial charge is 0.497 e. The predicted molar refractivity (Wildman–Crippen MR) is 82.2 cm³/mol. The molecule has 1 unspecified atom stereocenters. The van der Waals surface area contributed by atoms with Gasteiger partial charge >= 0.3 is 0 Å². The van der Waals surface area contributed by atoms with Crippen LogP contribution >= 0.6 is 23.1 Å². The van der Waals surface area contributed by atoms with Crippen molar-refractivity contribution in [2.45, 2.75) is 17.1 Å². The number of carbonyl (C=O) groups excluding carboxylic acids is 1. The zero-order valence-electron chi connectivity index (χ0n) is 11.6. The Morgan fingerprint density at radius 1 is 1.40 bits per heavy atom. The fraction of sp³-hybridized carbons (Fsp3) is 0.286. The molecular formula is C14H16N2O2S2. The zero-order chi connectivity index (χ0) is 14.5. The van der Waals surface area contributed by atoms with Gasteiger partial charge in [-0.15, -0.1) is 23.1 Å². The van der Waals surface area contributed by atoms with Gasteiger partial charge in [-0.25, -0.2) is 0 Å². The molecule has 0 N–H and O–H groups in total. The van der Waals surface area contributed by atoms with Crippen LogP contribution in [0.15, 0.2) is 45.7 Å². The molecule has 1 atom stereocenters. The number of carbonyl (C=O) groups is 1. The number of thiazole rings is 1. The third-order valence-electron chi connectivity index (χ3n) is 2.69. The van der Waals surface area contributed by atoms with Gasteiger partial charge in [-0.1, -0.05) is 0 Å². The summed E-state index contributed by atoms with van der Waals surface area (Å²) in [6.45, 7) is 1.87. The van der Waals surface area contributed by atoms with Crippen molar-refractivity contribution in [3.8, 4) is 5.75 Å². The molecule has 1 aromatic carbocycles. The molecule has 0 spiro atoms. The number of aryl methyl sites for hydroxylation is 1. The van der Waals surface area contributed by atoms with Gasteiger partial charge in [0.25, 0.3) is 5.91 Å². The molecule has 0 radical (unpaired) electrons. The van der Waals surface area contributed by atoms with Crippen LogP contribution in [0, 0.1) is 0 Å². The number of methoxy groups -OCH3 is 1. The minimum Gasteiger partial charge on any atom is -0.497 e. The summed E-state index contributed by atoms with van der Waals surface area (Å²) in [7, 11) is 3.51. The van der Waals surface area contributed by atoms with Crippen LogP contribution in [0.25, 0.3) is 0 Å². The minimum absolute atomic E-state index is 0.121. The highest BCUT2D eigenvalue weighted by atomic mass is 32.2. The molecule has 0 saturated carbocycles. The lowest BCUT2D eigenvalue weighted by molar-refractivity contribution is -0.117. The number of benzene rings is 1. The third kappa shape index (κ3) is 3.74. The maximum Gasteiger partial charge on any atom is 0.261 e. The summed E-state index contributed by atoms with van der Waals surface area (Å²) in [6, 6.07) is 7.66. The van der Waals surface area contributed by atoms with Crippen molar-refractivity contribution in [2.75, 3.05) is 7.11 Å². The number of rotatable bonds is 4. The standard InChI is InChI=1S/C14H16N2O2S2/c1-10(13(17)15-14-16(2)8-9-19-14)20-12-6-4-11(18-3)5-7-12/h4-10H,1-3H3. The molecule has 2 aromatic rings. The molecule has 20 heavy (non-hydrogen) atoms. The van der Waals surface area contributed by atoms with Crippen LogP contribution < -0.4 is 9.54 Å². The number of thioether (sulfide) groups is 1. The van der Waals surface area contributed by atoms with Crippen LogP contribution in [0.3, 0.4) is 0 Å². The number of amides is 1. The Kier molecular flexibility index (Phi) is 5.03. The molecule has 0 fully saturated rings. The van der Waals surface area contributed by atoms with E-state index in [0.717, 1.165) is 15.4 Å². The van der Waals surface area contributed by atoms with Gasteiger partial charge in [-0.3, -0.25) is 4.79 Å². The van der Waals surface area contributed by atoms with Gasteiger partial charge in [0.05, 0.1) is 12.4 Å². The molecule has 0 aliphatic rings. The maximum absolute atomic E-state index is 12.1. The summed E-state index contributed by atoms with van der Waals surface area (Å²) in [4.78, 5) is 18.0. The zero-order valence-corrected chi connectivity index (χ0v) is 13.2. The molecule has 0 saturated heterocycles. The van der Waals surface area contributed by atoms with Gasteiger partial charge in [0.1, 0.15) is 5.75 Å². The summed E-state index contributed by atoms with van der Waals surface area (Å²) in [5.74, 6) is 0.687. The summed E-state index contributed by atoms with van der Waals surface area (Å²) in [5.41, 5.74) is 0. The van der Waals surface area contributed by atoms with Gasteiger partial charge in [0, 0.05) is 23.5 Å². The molecule has 1 amide bonds. The number of hydrogen-bond donors (Lipinski definition) is 0. The topological polar surface area (TPSA) is 43.6 Å². The number of hydrogen-bond acceptors (Lipinski definition) is 4. The van der Waals surface area contributed by atoms with Crippen molar-refractivity contribution in [1.29, 1.82) is 0 Å². The number of aromatic nitrogens is 1. The molecule has 106 valence electrons. The van der Waals surface area contributed by atoms with Crippen LogP contribution in [-0.4, -0.2) is 22.8 Å². The Bertz CT molecular complexity index is 644. The highest BCUT2D eigenvalue weighted by Gasteiger charge is 2.13. The highest BCUT2D eigenvalue weighted by molar-refractivity contribution is 8.00. The third-order valence-corrected chi connectivity index (χ3v) is 4.63. The van der Waals surface area contributed by atoms with Crippen molar-refractivity contribution in [1.82, 2.24) is 4.57 Å². The summed E-state index contributed by atoms with van der Waals surface area (Å²) in [5, 5.41) is 1.69. The fourth-order valence-electron chi connectivity index (χ4n) is 1.53. The molecule has 2 rings (SSSR count). The van der Waals surface area contributed by atoms with Crippen molar-refractivity contribution in [2.24, 2.45) is 12.0 Å². The molecule has 6 heteroatoms. The summed E-state index contributed by atoms with van der Waals surface area (Å²) in [6.07, 6.45) is 1.89.